The second-order valence-corrected chi connectivity index (χ2v) is 6.30. The molecule has 1 aliphatic rings. The van der Waals surface area contributed by atoms with Gasteiger partial charge < -0.3 is 9.80 Å². The highest BCUT2D eigenvalue weighted by atomic mass is 35.5. The third-order valence-electron chi connectivity index (χ3n) is 4.21. The van der Waals surface area contributed by atoms with Crippen LogP contribution in [0.1, 0.15) is 5.56 Å². The number of benzene rings is 1. The molecule has 0 spiro atoms. The van der Waals surface area contributed by atoms with Gasteiger partial charge in [-0.2, -0.15) is 13.2 Å². The molecule has 0 unspecified atom stereocenters. The SMILES string of the molecule is O=[N+]([O-])c1ccc(N2CCN(c3ncc(C(F)(F)F)cc3Cl)CC2)c(F)c1. The number of alkyl halides is 3. The average Bonchev–Trinajstić information content (AvgIpc) is 2.61. The third-order valence-corrected chi connectivity index (χ3v) is 4.49. The van der Waals surface area contributed by atoms with Gasteiger partial charge in [-0.1, -0.05) is 11.6 Å². The summed E-state index contributed by atoms with van der Waals surface area (Å²) in [6.07, 6.45) is -3.80. The maximum Gasteiger partial charge on any atom is 0.417 e. The van der Waals surface area contributed by atoms with Crippen molar-refractivity contribution in [2.24, 2.45) is 0 Å². The quantitative estimate of drug-likeness (QED) is 0.437. The van der Waals surface area contributed by atoms with Crippen molar-refractivity contribution in [3.05, 3.63) is 57.0 Å². The highest BCUT2D eigenvalue weighted by molar-refractivity contribution is 6.33. The lowest BCUT2D eigenvalue weighted by molar-refractivity contribution is -0.385. The number of pyridine rings is 1. The van der Waals surface area contributed by atoms with Gasteiger partial charge in [0.1, 0.15) is 5.82 Å². The molecule has 1 aromatic heterocycles. The topological polar surface area (TPSA) is 62.5 Å². The Kier molecular flexibility index (Phi) is 5.09. The standard InChI is InChI=1S/C16H13ClF4N4O2/c17-12-7-10(16(19,20)21)9-22-15(12)24-5-3-23(4-6-24)14-2-1-11(25(26)27)8-13(14)18/h1-2,7-9H,3-6H2. The molecule has 144 valence electrons. The summed E-state index contributed by atoms with van der Waals surface area (Å²) in [6.45, 7) is 1.42. The predicted octanol–water partition coefficient (Wildman–Crippen LogP) is 4.13. The van der Waals surface area contributed by atoms with Gasteiger partial charge in [0, 0.05) is 38.4 Å². The van der Waals surface area contributed by atoms with Crippen molar-refractivity contribution in [1.82, 2.24) is 4.98 Å². The van der Waals surface area contributed by atoms with E-state index in [9.17, 15) is 27.7 Å². The molecule has 0 aliphatic carbocycles. The Morgan fingerprint density at radius 1 is 1.11 bits per heavy atom. The second-order valence-electron chi connectivity index (χ2n) is 5.89. The number of piperazine rings is 1. The van der Waals surface area contributed by atoms with E-state index >= 15 is 0 Å². The van der Waals surface area contributed by atoms with Crippen molar-refractivity contribution in [1.29, 1.82) is 0 Å². The number of rotatable bonds is 3. The smallest absolute Gasteiger partial charge is 0.366 e. The van der Waals surface area contributed by atoms with Gasteiger partial charge in [-0.05, 0) is 12.1 Å². The number of nitro groups is 1. The lowest BCUT2D eigenvalue weighted by Crippen LogP contribution is -2.47. The fraction of sp³-hybridized carbons (Fsp3) is 0.312. The van der Waals surface area contributed by atoms with Crippen LogP contribution >= 0.6 is 11.6 Å². The van der Waals surface area contributed by atoms with Crippen LogP contribution in [0.25, 0.3) is 0 Å². The first-order valence-corrected chi connectivity index (χ1v) is 8.21. The van der Waals surface area contributed by atoms with Crippen molar-refractivity contribution in [3.8, 4) is 0 Å². The number of non-ortho nitro benzene ring substituents is 1. The Bertz CT molecular complexity index is 870. The van der Waals surface area contributed by atoms with Crippen LogP contribution in [0.2, 0.25) is 5.02 Å². The van der Waals surface area contributed by atoms with Crippen molar-refractivity contribution in [3.63, 3.8) is 0 Å². The molecule has 27 heavy (non-hydrogen) atoms. The normalized spacial score (nSPS) is 15.1. The minimum absolute atomic E-state index is 0.111. The van der Waals surface area contributed by atoms with Crippen LogP contribution in [0.5, 0.6) is 0 Å². The van der Waals surface area contributed by atoms with Gasteiger partial charge >= 0.3 is 6.18 Å². The largest absolute Gasteiger partial charge is 0.417 e. The fourth-order valence-corrected chi connectivity index (χ4v) is 3.13. The molecule has 0 saturated carbocycles. The Morgan fingerprint density at radius 2 is 1.74 bits per heavy atom. The third kappa shape index (κ3) is 4.05. The number of halogens is 5. The van der Waals surface area contributed by atoms with E-state index in [1.54, 1.807) is 9.80 Å². The van der Waals surface area contributed by atoms with Gasteiger partial charge in [-0.25, -0.2) is 9.37 Å². The molecule has 0 N–H and O–H groups in total. The second kappa shape index (κ2) is 7.18. The Hall–Kier alpha value is -2.62. The summed E-state index contributed by atoms with van der Waals surface area (Å²) >= 11 is 5.95. The highest BCUT2D eigenvalue weighted by Crippen LogP contribution is 2.34. The number of hydrogen-bond donors (Lipinski definition) is 0. The maximum atomic E-state index is 14.1. The zero-order valence-corrected chi connectivity index (χ0v) is 14.5. The lowest BCUT2D eigenvalue weighted by Gasteiger charge is -2.37. The van der Waals surface area contributed by atoms with E-state index in [0.29, 0.717) is 26.2 Å². The Balaban J connectivity index is 1.72. The van der Waals surface area contributed by atoms with E-state index in [1.807, 2.05) is 0 Å². The zero-order valence-electron chi connectivity index (χ0n) is 13.7. The Labute approximate surface area is 156 Å². The first-order chi connectivity index (χ1) is 12.7. The Morgan fingerprint density at radius 3 is 2.26 bits per heavy atom. The number of hydrogen-bond acceptors (Lipinski definition) is 5. The van der Waals surface area contributed by atoms with Gasteiger partial charge in [-0.15, -0.1) is 0 Å². The van der Waals surface area contributed by atoms with E-state index in [4.69, 9.17) is 11.6 Å². The van der Waals surface area contributed by atoms with E-state index in [0.717, 1.165) is 18.3 Å². The van der Waals surface area contributed by atoms with Gasteiger partial charge in [0.05, 0.1) is 27.3 Å². The van der Waals surface area contributed by atoms with Crippen molar-refractivity contribution < 1.29 is 22.5 Å². The monoisotopic (exact) mass is 404 g/mol. The summed E-state index contributed by atoms with van der Waals surface area (Å²) < 4.78 is 52.2. The number of nitrogens with zero attached hydrogens (tertiary/aromatic N) is 4. The van der Waals surface area contributed by atoms with Crippen LogP contribution in [-0.2, 0) is 6.18 Å². The van der Waals surface area contributed by atoms with Gasteiger partial charge in [-0.3, -0.25) is 10.1 Å². The summed E-state index contributed by atoms with van der Waals surface area (Å²) in [4.78, 5) is 17.2. The average molecular weight is 405 g/mol. The fourth-order valence-electron chi connectivity index (χ4n) is 2.84. The van der Waals surface area contributed by atoms with Crippen LogP contribution in [0.3, 0.4) is 0 Å². The van der Waals surface area contributed by atoms with Crippen molar-refractivity contribution in [2.75, 3.05) is 36.0 Å². The summed E-state index contributed by atoms with van der Waals surface area (Å²) in [6, 6.07) is 4.24. The molecule has 1 aliphatic heterocycles. The molecule has 2 aromatic rings. The molecule has 0 atom stereocenters. The van der Waals surface area contributed by atoms with E-state index in [1.165, 1.54) is 12.1 Å². The van der Waals surface area contributed by atoms with Gasteiger partial charge in [0.15, 0.2) is 5.82 Å². The molecule has 1 saturated heterocycles. The van der Waals surface area contributed by atoms with E-state index < -0.39 is 22.5 Å². The predicted molar refractivity (Wildman–Crippen MR) is 91.7 cm³/mol. The van der Waals surface area contributed by atoms with Crippen molar-refractivity contribution >= 4 is 28.8 Å². The van der Waals surface area contributed by atoms with Crippen LogP contribution in [-0.4, -0.2) is 36.1 Å². The van der Waals surface area contributed by atoms with E-state index in [2.05, 4.69) is 4.98 Å². The maximum absolute atomic E-state index is 14.1. The number of nitro benzene ring substituents is 1. The molecular formula is C16H13ClF4N4O2. The first-order valence-electron chi connectivity index (χ1n) is 7.83. The zero-order chi connectivity index (χ0) is 19.8. The molecule has 3 rings (SSSR count). The molecule has 11 heteroatoms. The summed E-state index contributed by atoms with van der Waals surface area (Å²) in [5, 5.41) is 10.6. The minimum Gasteiger partial charge on any atom is -0.366 e. The number of aromatic nitrogens is 1. The molecular weight excluding hydrogens is 392 g/mol. The molecule has 0 radical (unpaired) electrons. The minimum atomic E-state index is -4.53. The highest BCUT2D eigenvalue weighted by Gasteiger charge is 2.32. The van der Waals surface area contributed by atoms with Gasteiger partial charge in [0.2, 0.25) is 0 Å². The van der Waals surface area contributed by atoms with Crippen LogP contribution in [0, 0.1) is 15.9 Å². The molecule has 2 heterocycles. The number of anilines is 2. The molecule has 1 aromatic carbocycles. The summed E-state index contributed by atoms with van der Waals surface area (Å²) in [7, 11) is 0. The van der Waals surface area contributed by atoms with Crippen molar-refractivity contribution in [2.45, 2.75) is 6.18 Å². The van der Waals surface area contributed by atoms with Crippen LogP contribution in [0.4, 0.5) is 34.8 Å². The van der Waals surface area contributed by atoms with Gasteiger partial charge in [0.25, 0.3) is 5.69 Å². The molecule has 0 bridgehead atoms. The first kappa shape index (κ1) is 19.2. The van der Waals surface area contributed by atoms with E-state index in [-0.39, 0.29) is 22.2 Å². The summed E-state index contributed by atoms with van der Waals surface area (Å²) in [5.41, 5.74) is -1.04. The molecule has 0 amide bonds. The molecule has 1 fully saturated rings. The lowest BCUT2D eigenvalue weighted by atomic mass is 10.2. The van der Waals surface area contributed by atoms with Crippen LogP contribution < -0.4 is 9.80 Å². The summed E-state index contributed by atoms with van der Waals surface area (Å²) in [5.74, 6) is -0.475. The molecule has 6 nitrogen and oxygen atoms in total. The van der Waals surface area contributed by atoms with Crippen LogP contribution in [0.15, 0.2) is 30.5 Å².